The van der Waals surface area contributed by atoms with Gasteiger partial charge in [-0.15, -0.1) is 0 Å². The average molecular weight is 260 g/mol. The van der Waals surface area contributed by atoms with Gasteiger partial charge in [-0.1, -0.05) is 76.3 Å². The summed E-state index contributed by atoms with van der Waals surface area (Å²) in [6.45, 7) is 11.3. The molecule has 2 heteroatoms. The van der Waals surface area contributed by atoms with Crippen LogP contribution in [0.15, 0.2) is 36.4 Å². The van der Waals surface area contributed by atoms with Crippen molar-refractivity contribution in [2.75, 3.05) is 0 Å². The summed E-state index contributed by atoms with van der Waals surface area (Å²) in [5.74, 6) is 0. The molecule has 0 saturated heterocycles. The van der Waals surface area contributed by atoms with Crippen LogP contribution in [0.4, 0.5) is 0 Å². The fraction of sp³-hybridized carbons (Fsp3) is 0.438. The first kappa shape index (κ1) is 14.9. The highest BCUT2D eigenvalue weighted by atomic mass is 28.3. The largest absolute Gasteiger partial charge is 0.303 e. The molecule has 0 aliphatic heterocycles. The maximum absolute atomic E-state index is 11.4. The van der Waals surface area contributed by atoms with E-state index in [9.17, 15) is 4.79 Å². The standard InChI is InChI=1S/C16H24OSi/c1-16(2,3)18(4,5)15(13-17)12-11-14-9-7-6-8-10-14/h6-13,15H,1-5H3/b12-11-. The first-order valence-electron chi connectivity index (χ1n) is 6.47. The van der Waals surface area contributed by atoms with E-state index in [1.807, 2.05) is 18.2 Å². The minimum Gasteiger partial charge on any atom is -0.303 e. The fourth-order valence-electron chi connectivity index (χ4n) is 1.73. The Hall–Kier alpha value is -1.15. The van der Waals surface area contributed by atoms with Crippen LogP contribution in [0, 0.1) is 0 Å². The quantitative estimate of drug-likeness (QED) is 0.562. The Morgan fingerprint density at radius 3 is 2.11 bits per heavy atom. The van der Waals surface area contributed by atoms with Crippen molar-refractivity contribution in [1.29, 1.82) is 0 Å². The van der Waals surface area contributed by atoms with Gasteiger partial charge < -0.3 is 4.79 Å². The minimum atomic E-state index is -1.64. The van der Waals surface area contributed by atoms with Crippen LogP contribution >= 0.6 is 0 Å². The Balaban J connectivity index is 2.93. The third kappa shape index (κ3) is 3.42. The predicted octanol–water partition coefficient (Wildman–Crippen LogP) is 4.78. The molecule has 0 N–H and O–H groups in total. The number of carbonyl (C=O) groups excluding carboxylic acids is 1. The van der Waals surface area contributed by atoms with Gasteiger partial charge in [-0.3, -0.25) is 0 Å². The molecule has 0 aromatic heterocycles. The van der Waals surface area contributed by atoms with E-state index < -0.39 is 8.07 Å². The van der Waals surface area contributed by atoms with Crippen molar-refractivity contribution in [2.24, 2.45) is 0 Å². The summed E-state index contributed by atoms with van der Waals surface area (Å²) in [6.07, 6.45) is 5.27. The number of hydrogen-bond donors (Lipinski definition) is 0. The predicted molar refractivity (Wildman–Crippen MR) is 82.5 cm³/mol. The molecule has 0 radical (unpaired) electrons. The van der Waals surface area contributed by atoms with Gasteiger partial charge in [-0.2, -0.15) is 0 Å². The van der Waals surface area contributed by atoms with E-state index in [0.717, 1.165) is 11.8 Å². The van der Waals surface area contributed by atoms with Crippen molar-refractivity contribution >= 4 is 20.4 Å². The second-order valence-corrected chi connectivity index (χ2v) is 12.0. The maximum atomic E-state index is 11.4. The van der Waals surface area contributed by atoms with Crippen molar-refractivity contribution in [1.82, 2.24) is 0 Å². The molecule has 0 aliphatic rings. The summed E-state index contributed by atoms with van der Waals surface area (Å²) < 4.78 is 0. The van der Waals surface area contributed by atoms with Crippen LogP contribution in [-0.2, 0) is 4.79 Å². The number of aldehydes is 1. The van der Waals surface area contributed by atoms with Crippen molar-refractivity contribution in [2.45, 2.75) is 44.4 Å². The molecule has 0 amide bonds. The molecule has 0 spiro atoms. The number of hydrogen-bond acceptors (Lipinski definition) is 1. The number of carbonyl (C=O) groups is 1. The zero-order chi connectivity index (χ0) is 13.8. The van der Waals surface area contributed by atoms with E-state index in [1.54, 1.807) is 0 Å². The molecule has 0 heterocycles. The Morgan fingerprint density at radius 2 is 1.67 bits per heavy atom. The van der Waals surface area contributed by atoms with E-state index in [1.165, 1.54) is 0 Å². The topological polar surface area (TPSA) is 17.1 Å². The van der Waals surface area contributed by atoms with Crippen molar-refractivity contribution in [3.63, 3.8) is 0 Å². The van der Waals surface area contributed by atoms with E-state index in [4.69, 9.17) is 0 Å². The molecule has 1 aromatic rings. The molecule has 1 unspecified atom stereocenters. The van der Waals surface area contributed by atoms with Gasteiger partial charge in [0.2, 0.25) is 0 Å². The molecular formula is C16H24OSi. The molecule has 1 aromatic carbocycles. The lowest BCUT2D eigenvalue weighted by atomic mass is 10.2. The highest BCUT2D eigenvalue weighted by molar-refractivity contribution is 6.84. The molecule has 0 aliphatic carbocycles. The molecule has 98 valence electrons. The van der Waals surface area contributed by atoms with E-state index in [0.29, 0.717) is 0 Å². The summed E-state index contributed by atoms with van der Waals surface area (Å²) >= 11 is 0. The monoisotopic (exact) mass is 260 g/mol. The van der Waals surface area contributed by atoms with Crippen LogP contribution in [0.2, 0.25) is 23.7 Å². The van der Waals surface area contributed by atoms with Crippen LogP contribution in [-0.4, -0.2) is 14.4 Å². The average Bonchev–Trinajstić information content (AvgIpc) is 2.29. The molecule has 1 nitrogen and oxygen atoms in total. The van der Waals surface area contributed by atoms with Gasteiger partial charge in [0.05, 0.1) is 8.07 Å². The van der Waals surface area contributed by atoms with Gasteiger partial charge in [0.15, 0.2) is 0 Å². The van der Waals surface area contributed by atoms with Crippen molar-refractivity contribution < 1.29 is 4.79 Å². The molecule has 18 heavy (non-hydrogen) atoms. The Labute approximate surface area is 112 Å². The van der Waals surface area contributed by atoms with Crippen molar-refractivity contribution in [3.8, 4) is 0 Å². The highest BCUT2D eigenvalue weighted by Crippen LogP contribution is 2.43. The maximum Gasteiger partial charge on any atom is 0.124 e. The van der Waals surface area contributed by atoms with E-state index >= 15 is 0 Å². The van der Waals surface area contributed by atoms with Crippen LogP contribution < -0.4 is 0 Å². The molecule has 1 atom stereocenters. The van der Waals surface area contributed by atoms with E-state index in [2.05, 4.69) is 58.2 Å². The van der Waals surface area contributed by atoms with Gasteiger partial charge >= 0.3 is 0 Å². The zero-order valence-corrected chi connectivity index (χ0v) is 13.1. The fourth-order valence-corrected chi connectivity index (χ4v) is 3.65. The van der Waals surface area contributed by atoms with Gasteiger partial charge in [0, 0.05) is 5.54 Å². The normalized spacial score (nSPS) is 14.7. The molecule has 0 saturated carbocycles. The smallest absolute Gasteiger partial charge is 0.124 e. The van der Waals surface area contributed by atoms with Gasteiger partial charge in [0.25, 0.3) is 0 Å². The second kappa shape index (κ2) is 5.66. The zero-order valence-electron chi connectivity index (χ0n) is 12.1. The molecule has 0 fully saturated rings. The SMILES string of the molecule is CC(C)(C)[Si](C)(C)C(C=O)/C=C\c1ccccc1. The summed E-state index contributed by atoms with van der Waals surface area (Å²) in [4.78, 5) is 11.4. The first-order valence-corrected chi connectivity index (χ1v) is 9.55. The number of benzene rings is 1. The summed E-state index contributed by atoms with van der Waals surface area (Å²) in [5.41, 5.74) is 1.22. The van der Waals surface area contributed by atoms with Crippen molar-refractivity contribution in [3.05, 3.63) is 42.0 Å². The lowest BCUT2D eigenvalue weighted by molar-refractivity contribution is -0.107. The minimum absolute atomic E-state index is 0.0673. The third-order valence-corrected chi connectivity index (χ3v) is 10.1. The lowest BCUT2D eigenvalue weighted by Crippen LogP contribution is -2.42. The summed E-state index contributed by atoms with van der Waals surface area (Å²) in [6, 6.07) is 10.2. The summed E-state index contributed by atoms with van der Waals surface area (Å²) in [7, 11) is -1.64. The second-order valence-electron chi connectivity index (χ2n) is 6.40. The summed E-state index contributed by atoms with van der Waals surface area (Å²) in [5, 5.41) is 0.222. The Morgan fingerprint density at radius 1 is 1.11 bits per heavy atom. The van der Waals surface area contributed by atoms with Gasteiger partial charge in [0.1, 0.15) is 6.29 Å². The van der Waals surface area contributed by atoms with Gasteiger partial charge in [-0.05, 0) is 10.6 Å². The van der Waals surface area contributed by atoms with Gasteiger partial charge in [-0.25, -0.2) is 0 Å². The van der Waals surface area contributed by atoms with E-state index in [-0.39, 0.29) is 10.6 Å². The van der Waals surface area contributed by atoms with Crippen LogP contribution in [0.1, 0.15) is 26.3 Å². The highest BCUT2D eigenvalue weighted by Gasteiger charge is 2.40. The number of rotatable bonds is 4. The lowest BCUT2D eigenvalue weighted by Gasteiger charge is -2.39. The van der Waals surface area contributed by atoms with Crippen LogP contribution in [0.3, 0.4) is 0 Å². The first-order chi connectivity index (χ1) is 8.29. The molecule has 0 bridgehead atoms. The molecular weight excluding hydrogens is 236 g/mol. The molecule has 1 rings (SSSR count). The number of allylic oxidation sites excluding steroid dienone is 1. The Kier molecular flexibility index (Phi) is 4.69. The van der Waals surface area contributed by atoms with Crippen LogP contribution in [0.5, 0.6) is 0 Å². The Bertz CT molecular complexity index is 412. The third-order valence-electron chi connectivity index (χ3n) is 4.21. The van der Waals surface area contributed by atoms with Crippen LogP contribution in [0.25, 0.3) is 6.08 Å².